The van der Waals surface area contributed by atoms with E-state index < -0.39 is 6.10 Å². The highest BCUT2D eigenvalue weighted by Gasteiger charge is 2.43. The lowest BCUT2D eigenvalue weighted by molar-refractivity contribution is -0.137. The summed E-state index contributed by atoms with van der Waals surface area (Å²) in [7, 11) is 0. The number of carbonyl (C=O) groups excluding carboxylic acids is 2. The van der Waals surface area contributed by atoms with Crippen LogP contribution in [-0.2, 0) is 4.79 Å². The normalized spacial score (nSPS) is 26.5. The van der Waals surface area contributed by atoms with E-state index in [1.54, 1.807) is 31.2 Å². The molecule has 2 N–H and O–H groups in total. The number of likely N-dealkylation sites (tertiary alicyclic amines) is 1. The second-order valence-electron chi connectivity index (χ2n) is 6.75. The maximum Gasteiger partial charge on any atom is 0.263 e. The standard InChI is InChI=1S/C18H24N2O3.ClH/c1-11(21)13-4-3-5-15(8-13)23-12(2)18(22)20-9-14-6-7-17(19)16(14)10-20;/h3-5,8,12,14,16-17H,6-7,9-10,19H2,1-2H3;1H. The van der Waals surface area contributed by atoms with Crippen molar-refractivity contribution in [3.8, 4) is 5.75 Å². The molecule has 5 nitrogen and oxygen atoms in total. The van der Waals surface area contributed by atoms with Crippen LogP contribution in [0, 0.1) is 11.8 Å². The molecule has 6 heteroatoms. The van der Waals surface area contributed by atoms with E-state index in [9.17, 15) is 9.59 Å². The van der Waals surface area contributed by atoms with Crippen LogP contribution in [0.4, 0.5) is 0 Å². The van der Waals surface area contributed by atoms with Gasteiger partial charge < -0.3 is 15.4 Å². The van der Waals surface area contributed by atoms with Crippen molar-refractivity contribution in [2.24, 2.45) is 17.6 Å². The molecule has 4 unspecified atom stereocenters. The summed E-state index contributed by atoms with van der Waals surface area (Å²) < 4.78 is 5.75. The molecule has 24 heavy (non-hydrogen) atoms. The van der Waals surface area contributed by atoms with Crippen LogP contribution in [0.15, 0.2) is 24.3 Å². The average molecular weight is 353 g/mol. The van der Waals surface area contributed by atoms with E-state index in [1.165, 1.54) is 6.92 Å². The quantitative estimate of drug-likeness (QED) is 0.844. The van der Waals surface area contributed by atoms with E-state index in [4.69, 9.17) is 10.5 Å². The fraction of sp³-hybridized carbons (Fsp3) is 0.556. The fourth-order valence-corrected chi connectivity index (χ4v) is 3.79. The highest BCUT2D eigenvalue weighted by Crippen LogP contribution is 2.37. The van der Waals surface area contributed by atoms with E-state index in [-0.39, 0.29) is 30.1 Å². The molecule has 1 aliphatic carbocycles. The average Bonchev–Trinajstić information content (AvgIpc) is 3.09. The van der Waals surface area contributed by atoms with Crippen LogP contribution in [0.25, 0.3) is 0 Å². The van der Waals surface area contributed by atoms with Gasteiger partial charge in [-0.3, -0.25) is 9.59 Å². The molecule has 1 aromatic carbocycles. The van der Waals surface area contributed by atoms with Crippen LogP contribution >= 0.6 is 12.4 Å². The predicted octanol–water partition coefficient (Wildman–Crippen LogP) is 2.27. The Kier molecular flexibility index (Phi) is 5.88. The minimum Gasteiger partial charge on any atom is -0.481 e. The number of Topliss-reactive ketones (excluding diaryl/α,β-unsaturated/α-hetero) is 1. The molecule has 1 aromatic rings. The predicted molar refractivity (Wildman–Crippen MR) is 94.6 cm³/mol. The molecule has 0 bridgehead atoms. The zero-order valence-electron chi connectivity index (χ0n) is 14.1. The summed E-state index contributed by atoms with van der Waals surface area (Å²) in [5.41, 5.74) is 6.71. The van der Waals surface area contributed by atoms with Gasteiger partial charge in [0.15, 0.2) is 11.9 Å². The topological polar surface area (TPSA) is 72.6 Å². The Morgan fingerprint density at radius 3 is 2.71 bits per heavy atom. The number of halogens is 1. The second kappa shape index (κ2) is 7.53. The molecule has 1 aliphatic heterocycles. The molecule has 3 rings (SSSR count). The first-order chi connectivity index (χ1) is 11.0. The molecule has 132 valence electrons. The lowest BCUT2D eigenvalue weighted by atomic mass is 9.98. The first-order valence-corrected chi connectivity index (χ1v) is 8.27. The summed E-state index contributed by atoms with van der Waals surface area (Å²) in [5, 5.41) is 0. The minimum absolute atomic E-state index is 0. The molecule has 0 spiro atoms. The number of hydrogen-bond donors (Lipinski definition) is 1. The van der Waals surface area contributed by atoms with Crippen LogP contribution in [0.2, 0.25) is 0 Å². The lowest BCUT2D eigenvalue weighted by Crippen LogP contribution is -2.40. The van der Waals surface area contributed by atoms with Crippen molar-refractivity contribution in [2.75, 3.05) is 13.1 Å². The van der Waals surface area contributed by atoms with Gasteiger partial charge in [-0.2, -0.15) is 0 Å². The number of nitrogens with two attached hydrogens (primary N) is 1. The largest absolute Gasteiger partial charge is 0.481 e. The number of ether oxygens (including phenoxy) is 1. The smallest absolute Gasteiger partial charge is 0.263 e. The molecule has 1 saturated heterocycles. The van der Waals surface area contributed by atoms with E-state index in [0.29, 0.717) is 23.1 Å². The van der Waals surface area contributed by atoms with E-state index in [2.05, 4.69) is 0 Å². The van der Waals surface area contributed by atoms with Gasteiger partial charge in [0.05, 0.1) is 0 Å². The van der Waals surface area contributed by atoms with Crippen molar-refractivity contribution >= 4 is 24.1 Å². The van der Waals surface area contributed by atoms with Crippen molar-refractivity contribution in [3.63, 3.8) is 0 Å². The van der Waals surface area contributed by atoms with E-state index >= 15 is 0 Å². The maximum absolute atomic E-state index is 12.6. The number of fused-ring (bicyclic) bond motifs is 1. The first-order valence-electron chi connectivity index (χ1n) is 8.27. The third-order valence-electron chi connectivity index (χ3n) is 5.13. The number of nitrogens with zero attached hydrogens (tertiary/aromatic N) is 1. The summed E-state index contributed by atoms with van der Waals surface area (Å²) in [6, 6.07) is 7.18. The summed E-state index contributed by atoms with van der Waals surface area (Å²) in [6.45, 7) is 4.81. The molecule has 1 heterocycles. The van der Waals surface area contributed by atoms with Gasteiger partial charge in [0.2, 0.25) is 0 Å². The molecule has 0 radical (unpaired) electrons. The van der Waals surface area contributed by atoms with E-state index in [1.807, 2.05) is 4.90 Å². The van der Waals surface area contributed by atoms with Gasteiger partial charge in [0.25, 0.3) is 5.91 Å². The van der Waals surface area contributed by atoms with Gasteiger partial charge in [-0.1, -0.05) is 12.1 Å². The highest BCUT2D eigenvalue weighted by atomic mass is 35.5. The molecule has 2 fully saturated rings. The van der Waals surface area contributed by atoms with E-state index in [0.717, 1.165) is 25.9 Å². The van der Waals surface area contributed by atoms with Crippen molar-refractivity contribution in [3.05, 3.63) is 29.8 Å². The van der Waals surface area contributed by atoms with Gasteiger partial charge >= 0.3 is 0 Å². The Bertz CT molecular complexity index is 622. The van der Waals surface area contributed by atoms with Gasteiger partial charge in [-0.25, -0.2) is 0 Å². The molecule has 4 atom stereocenters. The molecular weight excluding hydrogens is 328 g/mol. The zero-order valence-corrected chi connectivity index (χ0v) is 14.9. The number of amides is 1. The zero-order chi connectivity index (χ0) is 16.6. The number of carbonyl (C=O) groups is 2. The summed E-state index contributed by atoms with van der Waals surface area (Å²) in [5.74, 6) is 1.51. The van der Waals surface area contributed by atoms with Crippen LogP contribution in [0.5, 0.6) is 5.75 Å². The van der Waals surface area contributed by atoms with Gasteiger partial charge in [0, 0.05) is 24.7 Å². The Morgan fingerprint density at radius 2 is 2.04 bits per heavy atom. The molecule has 1 amide bonds. The third kappa shape index (κ3) is 3.73. The van der Waals surface area contributed by atoms with Crippen molar-refractivity contribution in [1.29, 1.82) is 0 Å². The summed E-state index contributed by atoms with van der Waals surface area (Å²) in [4.78, 5) is 25.9. The van der Waals surface area contributed by atoms with Crippen LogP contribution in [-0.4, -0.2) is 41.8 Å². The maximum atomic E-state index is 12.6. The third-order valence-corrected chi connectivity index (χ3v) is 5.13. The van der Waals surface area contributed by atoms with Crippen molar-refractivity contribution in [1.82, 2.24) is 4.90 Å². The summed E-state index contributed by atoms with van der Waals surface area (Å²) >= 11 is 0. The molecule has 1 saturated carbocycles. The van der Waals surface area contributed by atoms with Crippen LogP contribution in [0.3, 0.4) is 0 Å². The minimum atomic E-state index is -0.563. The Hall–Kier alpha value is -1.59. The van der Waals surface area contributed by atoms with Crippen molar-refractivity contribution < 1.29 is 14.3 Å². The molecule has 2 aliphatic rings. The first kappa shape index (κ1) is 18.7. The van der Waals surface area contributed by atoms with Crippen LogP contribution in [0.1, 0.15) is 37.0 Å². The fourth-order valence-electron chi connectivity index (χ4n) is 3.79. The summed E-state index contributed by atoms with van der Waals surface area (Å²) in [6.07, 6.45) is 1.62. The molecule has 0 aromatic heterocycles. The monoisotopic (exact) mass is 352 g/mol. The van der Waals surface area contributed by atoms with Gasteiger partial charge in [0.1, 0.15) is 5.75 Å². The SMILES string of the molecule is CC(=O)c1cccc(OC(C)C(=O)N2CC3CCC(N)C3C2)c1.Cl. The number of hydrogen-bond acceptors (Lipinski definition) is 4. The number of rotatable bonds is 4. The Balaban J connectivity index is 0.00000208. The number of ketones is 1. The van der Waals surface area contributed by atoms with Crippen molar-refractivity contribution in [2.45, 2.75) is 38.8 Å². The van der Waals surface area contributed by atoms with Crippen LogP contribution < -0.4 is 10.5 Å². The second-order valence-corrected chi connectivity index (χ2v) is 6.75. The lowest BCUT2D eigenvalue weighted by Gasteiger charge is -2.23. The Morgan fingerprint density at radius 1 is 1.29 bits per heavy atom. The molecular formula is C18H25ClN2O3. The Labute approximate surface area is 148 Å². The van der Waals surface area contributed by atoms with Gasteiger partial charge in [-0.05, 0) is 50.7 Å². The number of benzene rings is 1. The van der Waals surface area contributed by atoms with Gasteiger partial charge in [-0.15, -0.1) is 12.4 Å². The highest BCUT2D eigenvalue weighted by molar-refractivity contribution is 5.94.